The van der Waals surface area contributed by atoms with Crippen LogP contribution in [0.5, 0.6) is 0 Å². The van der Waals surface area contributed by atoms with Gasteiger partial charge in [0.1, 0.15) is 5.84 Å². The van der Waals surface area contributed by atoms with Crippen LogP contribution in [0, 0.1) is 0 Å². The molecular weight excluding hydrogens is 372 g/mol. The van der Waals surface area contributed by atoms with E-state index in [1.807, 2.05) is 31.2 Å². The zero-order valence-corrected chi connectivity index (χ0v) is 15.3. The minimum absolute atomic E-state index is 0.186. The summed E-state index contributed by atoms with van der Waals surface area (Å²) in [6.45, 7) is 1.88. The summed E-state index contributed by atoms with van der Waals surface area (Å²) in [6, 6.07) is 13.8. The average Bonchev–Trinajstić information content (AvgIpc) is 3.17. The molecule has 1 aliphatic heterocycles. The van der Waals surface area contributed by atoms with Gasteiger partial charge in [-0.25, -0.2) is 15.0 Å². The Hall–Kier alpha value is -2.62. The molecule has 0 radical (unpaired) electrons. The lowest BCUT2D eigenvalue weighted by Gasteiger charge is -2.15. The highest BCUT2D eigenvalue weighted by molar-refractivity contribution is 7.85. The highest BCUT2D eigenvalue weighted by atomic mass is 32.2. The van der Waals surface area contributed by atoms with Crippen molar-refractivity contribution >= 4 is 54.0 Å². The molecule has 0 aliphatic carbocycles. The van der Waals surface area contributed by atoms with Crippen LogP contribution in [0.25, 0.3) is 10.2 Å². The standard InChI is InChI=1S/C17H14N4O3S2/c1-11-9-16(19-17-18-14-7-2-3-8-15(14)25-17)21(20-11)12-5-4-6-13(10-12)26(22,23)24/h2-8,10H,9H2,1H3,(H,22,23,24)/b19-16-. The van der Waals surface area contributed by atoms with Crippen molar-refractivity contribution in [1.29, 1.82) is 0 Å². The topological polar surface area (TPSA) is 95.2 Å². The van der Waals surface area contributed by atoms with Crippen molar-refractivity contribution in [3.05, 3.63) is 48.5 Å². The van der Waals surface area contributed by atoms with E-state index >= 15 is 0 Å². The summed E-state index contributed by atoms with van der Waals surface area (Å²) >= 11 is 1.48. The first-order valence-electron chi connectivity index (χ1n) is 7.75. The highest BCUT2D eigenvalue weighted by Gasteiger charge is 2.23. The number of hydrogen-bond acceptors (Lipinski definition) is 6. The van der Waals surface area contributed by atoms with Crippen molar-refractivity contribution in [3.8, 4) is 0 Å². The van der Waals surface area contributed by atoms with Crippen LogP contribution in [-0.4, -0.2) is 29.5 Å². The van der Waals surface area contributed by atoms with Gasteiger partial charge < -0.3 is 0 Å². The molecule has 4 rings (SSSR count). The molecule has 132 valence electrons. The molecule has 0 saturated heterocycles. The maximum atomic E-state index is 11.4. The molecule has 0 amide bonds. The lowest BCUT2D eigenvalue weighted by molar-refractivity contribution is 0.483. The van der Waals surface area contributed by atoms with Crippen molar-refractivity contribution in [2.45, 2.75) is 18.2 Å². The second-order valence-electron chi connectivity index (χ2n) is 5.79. The molecule has 7 nitrogen and oxygen atoms in total. The van der Waals surface area contributed by atoms with Gasteiger partial charge in [0.25, 0.3) is 10.1 Å². The molecule has 3 aromatic rings. The second-order valence-corrected chi connectivity index (χ2v) is 8.22. The van der Waals surface area contributed by atoms with Gasteiger partial charge in [0.15, 0.2) is 0 Å². The largest absolute Gasteiger partial charge is 0.294 e. The molecule has 0 spiro atoms. The average molecular weight is 386 g/mol. The number of aliphatic imine (C=N–C) groups is 1. The first-order valence-corrected chi connectivity index (χ1v) is 10.0. The van der Waals surface area contributed by atoms with E-state index < -0.39 is 10.1 Å². The summed E-state index contributed by atoms with van der Waals surface area (Å²) in [5, 5.41) is 6.63. The van der Waals surface area contributed by atoms with E-state index in [1.165, 1.54) is 23.5 Å². The lowest BCUT2D eigenvalue weighted by Crippen LogP contribution is -2.20. The minimum atomic E-state index is -4.29. The van der Waals surface area contributed by atoms with Crippen LogP contribution in [0.4, 0.5) is 10.8 Å². The first kappa shape index (κ1) is 16.8. The number of para-hydroxylation sites is 1. The van der Waals surface area contributed by atoms with Crippen molar-refractivity contribution in [1.82, 2.24) is 4.98 Å². The van der Waals surface area contributed by atoms with Crippen molar-refractivity contribution in [2.24, 2.45) is 10.1 Å². The Kier molecular flexibility index (Phi) is 4.06. The van der Waals surface area contributed by atoms with Gasteiger partial charge in [0.2, 0.25) is 5.13 Å². The molecule has 26 heavy (non-hydrogen) atoms. The van der Waals surface area contributed by atoms with Crippen LogP contribution in [0.2, 0.25) is 0 Å². The summed E-state index contributed by atoms with van der Waals surface area (Å²) in [5.41, 5.74) is 2.24. The molecule has 0 fully saturated rings. The fourth-order valence-electron chi connectivity index (χ4n) is 2.66. The van der Waals surface area contributed by atoms with Gasteiger partial charge in [0.05, 0.1) is 20.8 Å². The molecule has 2 heterocycles. The van der Waals surface area contributed by atoms with Crippen molar-refractivity contribution in [2.75, 3.05) is 5.01 Å². The number of hydrazone groups is 1. The number of benzene rings is 2. The Balaban J connectivity index is 1.75. The van der Waals surface area contributed by atoms with E-state index in [2.05, 4.69) is 15.1 Å². The third kappa shape index (κ3) is 3.24. The van der Waals surface area contributed by atoms with Gasteiger partial charge in [-0.2, -0.15) is 13.5 Å². The number of aromatic nitrogens is 1. The molecule has 0 saturated carbocycles. The van der Waals surface area contributed by atoms with Crippen molar-refractivity contribution < 1.29 is 13.0 Å². The second kappa shape index (κ2) is 6.27. The molecule has 1 N–H and O–H groups in total. The van der Waals surface area contributed by atoms with Gasteiger partial charge in [0, 0.05) is 12.1 Å². The number of rotatable bonds is 3. The number of fused-ring (bicyclic) bond motifs is 1. The number of hydrogen-bond donors (Lipinski definition) is 1. The van der Waals surface area contributed by atoms with Crippen LogP contribution in [0.3, 0.4) is 0 Å². The molecule has 2 aromatic carbocycles. The fraction of sp³-hybridized carbons (Fsp3) is 0.118. The zero-order chi connectivity index (χ0) is 18.3. The Morgan fingerprint density at radius 3 is 2.77 bits per heavy atom. The summed E-state index contributed by atoms with van der Waals surface area (Å²) in [4.78, 5) is 8.94. The lowest BCUT2D eigenvalue weighted by atomic mass is 10.2. The Bertz CT molecular complexity index is 1130. The molecular formula is C17H14N4O3S2. The molecule has 0 atom stereocenters. The van der Waals surface area contributed by atoms with Crippen LogP contribution in [-0.2, 0) is 10.1 Å². The van der Waals surface area contributed by atoms with E-state index in [-0.39, 0.29) is 4.90 Å². The molecule has 0 unspecified atom stereocenters. The maximum absolute atomic E-state index is 11.4. The maximum Gasteiger partial charge on any atom is 0.294 e. The van der Waals surface area contributed by atoms with E-state index in [9.17, 15) is 13.0 Å². The van der Waals surface area contributed by atoms with Crippen LogP contribution < -0.4 is 5.01 Å². The van der Waals surface area contributed by atoms with E-state index in [1.54, 1.807) is 17.1 Å². The van der Waals surface area contributed by atoms with Gasteiger partial charge in [-0.3, -0.25) is 4.55 Å². The minimum Gasteiger partial charge on any atom is -0.282 e. The van der Waals surface area contributed by atoms with Crippen LogP contribution >= 0.6 is 11.3 Å². The predicted octanol–water partition coefficient (Wildman–Crippen LogP) is 3.86. The third-order valence-electron chi connectivity index (χ3n) is 3.80. The quantitative estimate of drug-likeness (QED) is 0.690. The summed E-state index contributed by atoms with van der Waals surface area (Å²) < 4.78 is 33.1. The number of amidine groups is 1. The van der Waals surface area contributed by atoms with E-state index in [0.717, 1.165) is 15.9 Å². The van der Waals surface area contributed by atoms with Gasteiger partial charge in [-0.15, -0.1) is 0 Å². The summed E-state index contributed by atoms with van der Waals surface area (Å²) in [6.07, 6.45) is 0.534. The first-order chi connectivity index (χ1) is 12.4. The van der Waals surface area contributed by atoms with Crippen LogP contribution in [0.1, 0.15) is 13.3 Å². The Morgan fingerprint density at radius 1 is 1.19 bits per heavy atom. The zero-order valence-electron chi connectivity index (χ0n) is 13.7. The smallest absolute Gasteiger partial charge is 0.282 e. The number of thiazole rings is 1. The molecule has 1 aromatic heterocycles. The normalized spacial score (nSPS) is 16.5. The van der Waals surface area contributed by atoms with Crippen molar-refractivity contribution in [3.63, 3.8) is 0 Å². The summed E-state index contributed by atoms with van der Waals surface area (Å²) in [5.74, 6) is 0.647. The van der Waals surface area contributed by atoms with Gasteiger partial charge >= 0.3 is 0 Å². The third-order valence-corrected chi connectivity index (χ3v) is 5.58. The Morgan fingerprint density at radius 2 is 2.00 bits per heavy atom. The summed E-state index contributed by atoms with van der Waals surface area (Å²) in [7, 11) is -4.29. The fourth-order valence-corrected chi connectivity index (χ4v) is 4.03. The molecule has 9 heteroatoms. The predicted molar refractivity (Wildman–Crippen MR) is 103 cm³/mol. The highest BCUT2D eigenvalue weighted by Crippen LogP contribution is 2.30. The molecule has 1 aliphatic rings. The molecule has 0 bridgehead atoms. The number of nitrogens with zero attached hydrogens (tertiary/aromatic N) is 4. The monoisotopic (exact) mass is 386 g/mol. The van der Waals surface area contributed by atoms with E-state index in [4.69, 9.17) is 0 Å². The SMILES string of the molecule is CC1=NN(c2cccc(S(=O)(=O)O)c2)/C(=N\c2nc3ccccc3s2)C1. The van der Waals surface area contributed by atoms with E-state index in [0.29, 0.717) is 23.1 Å². The van der Waals surface area contributed by atoms with Gasteiger partial charge in [-0.1, -0.05) is 29.5 Å². The van der Waals surface area contributed by atoms with Crippen LogP contribution in [0.15, 0.2) is 63.5 Å². The Labute approximate surface area is 154 Å². The number of anilines is 1. The van der Waals surface area contributed by atoms with Gasteiger partial charge in [-0.05, 0) is 37.3 Å².